The Morgan fingerprint density at radius 2 is 1.86 bits per heavy atom. The van der Waals surface area contributed by atoms with Gasteiger partial charge in [0.15, 0.2) is 0 Å². The largest absolute Gasteiger partial charge is 0.354 e. The molecule has 22 heavy (non-hydrogen) atoms. The lowest BCUT2D eigenvalue weighted by Gasteiger charge is -2.35. The van der Waals surface area contributed by atoms with Gasteiger partial charge in [0.25, 0.3) is 0 Å². The van der Waals surface area contributed by atoms with E-state index < -0.39 is 0 Å². The van der Waals surface area contributed by atoms with Gasteiger partial charge in [-0.1, -0.05) is 6.92 Å². The third kappa shape index (κ3) is 4.70. The fourth-order valence-electron chi connectivity index (χ4n) is 3.47. The molecule has 5 heteroatoms. The summed E-state index contributed by atoms with van der Waals surface area (Å²) in [5, 5.41) is 3.10. The van der Waals surface area contributed by atoms with Crippen molar-refractivity contribution < 1.29 is 9.59 Å². The zero-order chi connectivity index (χ0) is 16.1. The summed E-state index contributed by atoms with van der Waals surface area (Å²) in [5.74, 6) is 0.987. The average molecular weight is 309 g/mol. The van der Waals surface area contributed by atoms with Crippen LogP contribution >= 0.6 is 0 Å². The fraction of sp³-hybridized carbons (Fsp3) is 0.882. The van der Waals surface area contributed by atoms with Gasteiger partial charge in [0.05, 0.1) is 5.92 Å². The van der Waals surface area contributed by atoms with Crippen LogP contribution in [0, 0.1) is 11.8 Å². The molecule has 2 aliphatic rings. The predicted molar refractivity (Wildman–Crippen MR) is 87.4 cm³/mol. The van der Waals surface area contributed by atoms with Gasteiger partial charge in [0, 0.05) is 32.6 Å². The number of hydrogen-bond donors (Lipinski definition) is 1. The van der Waals surface area contributed by atoms with E-state index in [9.17, 15) is 9.59 Å². The highest BCUT2D eigenvalue weighted by Crippen LogP contribution is 2.19. The lowest BCUT2D eigenvalue weighted by atomic mass is 9.96. The van der Waals surface area contributed by atoms with E-state index in [0.29, 0.717) is 19.1 Å². The average Bonchev–Trinajstić information content (AvgIpc) is 2.53. The van der Waals surface area contributed by atoms with Crippen LogP contribution in [0.2, 0.25) is 0 Å². The van der Waals surface area contributed by atoms with Gasteiger partial charge in [-0.25, -0.2) is 0 Å². The van der Waals surface area contributed by atoms with Crippen molar-refractivity contribution >= 4 is 11.8 Å². The molecule has 1 N–H and O–H groups in total. The van der Waals surface area contributed by atoms with Crippen LogP contribution < -0.4 is 5.32 Å². The first kappa shape index (κ1) is 17.3. The van der Waals surface area contributed by atoms with Gasteiger partial charge in [0.1, 0.15) is 0 Å². The zero-order valence-electron chi connectivity index (χ0n) is 14.3. The number of amides is 2. The number of piperidine rings is 2. The number of nitrogens with zero attached hydrogens (tertiary/aromatic N) is 2. The maximum Gasteiger partial charge on any atom is 0.224 e. The Morgan fingerprint density at radius 3 is 2.50 bits per heavy atom. The summed E-state index contributed by atoms with van der Waals surface area (Å²) in [5.41, 5.74) is 0. The van der Waals surface area contributed by atoms with E-state index in [0.717, 1.165) is 38.4 Å². The molecule has 5 nitrogen and oxygen atoms in total. The van der Waals surface area contributed by atoms with Gasteiger partial charge in [-0.05, 0) is 51.6 Å². The van der Waals surface area contributed by atoms with E-state index >= 15 is 0 Å². The quantitative estimate of drug-likeness (QED) is 0.856. The Kier molecular flexibility index (Phi) is 6.24. The second-order valence-electron chi connectivity index (χ2n) is 7.12. The van der Waals surface area contributed by atoms with Crippen molar-refractivity contribution in [2.75, 3.05) is 32.7 Å². The minimum atomic E-state index is -0.0359. The number of carbonyl (C=O) groups is 2. The van der Waals surface area contributed by atoms with E-state index in [4.69, 9.17) is 0 Å². The Morgan fingerprint density at radius 1 is 1.18 bits per heavy atom. The summed E-state index contributed by atoms with van der Waals surface area (Å²) in [4.78, 5) is 28.1. The smallest absolute Gasteiger partial charge is 0.224 e. The molecule has 126 valence electrons. The molecule has 0 spiro atoms. The Hall–Kier alpha value is -1.10. The summed E-state index contributed by atoms with van der Waals surface area (Å²) in [6.45, 7) is 10.5. The van der Waals surface area contributed by atoms with Gasteiger partial charge in [-0.2, -0.15) is 0 Å². The molecular formula is C17H31N3O2. The van der Waals surface area contributed by atoms with Crippen LogP contribution in [0.25, 0.3) is 0 Å². The highest BCUT2D eigenvalue weighted by Gasteiger charge is 2.27. The van der Waals surface area contributed by atoms with Gasteiger partial charge >= 0.3 is 0 Å². The lowest BCUT2D eigenvalue weighted by molar-refractivity contribution is -0.134. The van der Waals surface area contributed by atoms with Crippen LogP contribution in [0.4, 0.5) is 0 Å². The summed E-state index contributed by atoms with van der Waals surface area (Å²) >= 11 is 0. The molecule has 0 bridgehead atoms. The lowest BCUT2D eigenvalue weighted by Crippen LogP contribution is -2.49. The molecule has 0 aliphatic carbocycles. The van der Waals surface area contributed by atoms with Crippen molar-refractivity contribution in [3.8, 4) is 0 Å². The fourth-order valence-corrected chi connectivity index (χ4v) is 3.47. The van der Waals surface area contributed by atoms with Crippen LogP contribution in [0.3, 0.4) is 0 Å². The third-order valence-corrected chi connectivity index (χ3v) is 5.25. The molecule has 2 fully saturated rings. The molecule has 2 heterocycles. The molecule has 2 amide bonds. The Labute approximate surface area is 134 Å². The number of likely N-dealkylation sites (tertiary alicyclic amines) is 2. The van der Waals surface area contributed by atoms with Crippen LogP contribution in [-0.4, -0.2) is 60.4 Å². The second kappa shape index (κ2) is 7.95. The Bertz CT molecular complexity index is 391. The molecule has 0 aromatic rings. The number of hydrogen-bond acceptors (Lipinski definition) is 3. The van der Waals surface area contributed by atoms with E-state index in [-0.39, 0.29) is 17.7 Å². The first-order chi connectivity index (χ1) is 10.5. The van der Waals surface area contributed by atoms with Gasteiger partial charge in [-0.15, -0.1) is 0 Å². The topological polar surface area (TPSA) is 52.7 Å². The molecule has 2 saturated heterocycles. The summed E-state index contributed by atoms with van der Waals surface area (Å²) < 4.78 is 0. The van der Waals surface area contributed by atoms with Crippen molar-refractivity contribution in [2.24, 2.45) is 11.8 Å². The van der Waals surface area contributed by atoms with E-state index in [1.54, 1.807) is 11.8 Å². The van der Waals surface area contributed by atoms with Crippen LogP contribution in [0.15, 0.2) is 0 Å². The molecule has 0 aromatic heterocycles. The van der Waals surface area contributed by atoms with E-state index in [1.807, 2.05) is 0 Å². The van der Waals surface area contributed by atoms with Crippen LogP contribution in [0.5, 0.6) is 0 Å². The van der Waals surface area contributed by atoms with Crippen molar-refractivity contribution in [2.45, 2.75) is 52.5 Å². The highest BCUT2D eigenvalue weighted by atomic mass is 16.2. The molecule has 0 aromatic carbocycles. The van der Waals surface area contributed by atoms with Crippen LogP contribution in [0.1, 0.15) is 46.5 Å². The summed E-state index contributed by atoms with van der Waals surface area (Å²) in [6.07, 6.45) is 4.34. The van der Waals surface area contributed by atoms with Crippen molar-refractivity contribution in [1.29, 1.82) is 0 Å². The molecule has 0 saturated carbocycles. The maximum absolute atomic E-state index is 12.3. The first-order valence-electron chi connectivity index (χ1n) is 8.74. The minimum Gasteiger partial charge on any atom is -0.354 e. The van der Waals surface area contributed by atoms with Crippen molar-refractivity contribution in [3.63, 3.8) is 0 Å². The monoisotopic (exact) mass is 309 g/mol. The zero-order valence-corrected chi connectivity index (χ0v) is 14.3. The summed E-state index contributed by atoms with van der Waals surface area (Å²) in [7, 11) is 0. The predicted octanol–water partition coefficient (Wildman–Crippen LogP) is 1.48. The SMILES string of the molecule is CC(=O)N1CCCC(C(=O)NCC(C)N2CCC(C)CC2)C1. The minimum absolute atomic E-state index is 0.0359. The first-order valence-corrected chi connectivity index (χ1v) is 8.74. The van der Waals surface area contributed by atoms with E-state index in [1.165, 1.54) is 12.8 Å². The van der Waals surface area contributed by atoms with Gasteiger partial charge in [-0.3, -0.25) is 14.5 Å². The molecule has 2 aliphatic heterocycles. The van der Waals surface area contributed by atoms with Crippen molar-refractivity contribution in [3.05, 3.63) is 0 Å². The number of carbonyl (C=O) groups excluding carboxylic acids is 2. The summed E-state index contributed by atoms with van der Waals surface area (Å²) in [6, 6.07) is 0.393. The molecular weight excluding hydrogens is 278 g/mol. The van der Waals surface area contributed by atoms with Gasteiger partial charge < -0.3 is 10.2 Å². The Balaban J connectivity index is 1.73. The van der Waals surface area contributed by atoms with E-state index in [2.05, 4.69) is 24.1 Å². The highest BCUT2D eigenvalue weighted by molar-refractivity contribution is 5.80. The number of rotatable bonds is 4. The maximum atomic E-state index is 12.3. The van der Waals surface area contributed by atoms with Gasteiger partial charge in [0.2, 0.25) is 11.8 Å². The molecule has 2 rings (SSSR count). The second-order valence-corrected chi connectivity index (χ2v) is 7.12. The molecule has 0 radical (unpaired) electrons. The van der Waals surface area contributed by atoms with Crippen molar-refractivity contribution in [1.82, 2.24) is 15.1 Å². The normalized spacial score (nSPS) is 25.8. The standard InChI is InChI=1S/C17H31N3O2/c1-13-6-9-19(10-7-13)14(2)11-18-17(22)16-5-4-8-20(12-16)15(3)21/h13-14,16H,4-12H2,1-3H3,(H,18,22). The molecule has 2 atom stereocenters. The molecule has 2 unspecified atom stereocenters. The van der Waals surface area contributed by atoms with Crippen LogP contribution in [-0.2, 0) is 9.59 Å². The number of nitrogens with one attached hydrogen (secondary N) is 1. The third-order valence-electron chi connectivity index (χ3n) is 5.25.